The molecule has 120 valence electrons. The third-order valence-corrected chi connectivity index (χ3v) is 3.08. The molecule has 0 aliphatic heterocycles. The Balaban J connectivity index is 0.00000242. The number of halogens is 3. The van der Waals surface area contributed by atoms with Gasteiger partial charge in [-0.05, 0) is 23.3 Å². The molecule has 22 heavy (non-hydrogen) atoms. The van der Waals surface area contributed by atoms with Gasteiger partial charge in [0.1, 0.15) is 6.61 Å². The maximum absolute atomic E-state index is 12.7. The van der Waals surface area contributed by atoms with E-state index in [9.17, 15) is 8.78 Å². The van der Waals surface area contributed by atoms with Crippen molar-refractivity contribution in [2.45, 2.75) is 19.1 Å². The molecule has 0 bridgehead atoms. The summed E-state index contributed by atoms with van der Waals surface area (Å²) in [6.45, 7) is 0.324. The number of rotatable bonds is 6. The highest BCUT2D eigenvalue weighted by Gasteiger charge is 2.19. The summed E-state index contributed by atoms with van der Waals surface area (Å²) in [4.78, 5) is 0. The first-order chi connectivity index (χ1) is 10.1. The molecule has 0 aliphatic rings. The number of nitrogens with two attached hydrogens (primary N) is 1. The lowest BCUT2D eigenvalue weighted by molar-refractivity contribution is 0.116. The minimum atomic E-state index is -2.62. The van der Waals surface area contributed by atoms with Crippen LogP contribution in [0.15, 0.2) is 48.5 Å². The lowest BCUT2D eigenvalue weighted by Crippen LogP contribution is -2.18. The van der Waals surface area contributed by atoms with Gasteiger partial charge in [-0.3, -0.25) is 0 Å². The summed E-state index contributed by atoms with van der Waals surface area (Å²) >= 11 is 0. The SMILES string of the molecule is COc1ccc([C@H](N)C(F)F)cc1OCc1ccccc1.Cl. The van der Waals surface area contributed by atoms with Gasteiger partial charge >= 0.3 is 0 Å². The van der Waals surface area contributed by atoms with E-state index in [1.54, 1.807) is 6.07 Å². The first-order valence-corrected chi connectivity index (χ1v) is 6.50. The van der Waals surface area contributed by atoms with E-state index in [1.165, 1.54) is 19.2 Å². The monoisotopic (exact) mass is 329 g/mol. The predicted molar refractivity (Wildman–Crippen MR) is 83.9 cm³/mol. The van der Waals surface area contributed by atoms with Crippen LogP contribution in [-0.4, -0.2) is 13.5 Å². The highest BCUT2D eigenvalue weighted by atomic mass is 35.5. The number of methoxy groups -OCH3 is 1. The Labute approximate surface area is 134 Å². The normalized spacial score (nSPS) is 11.7. The number of hydrogen-bond acceptors (Lipinski definition) is 3. The van der Waals surface area contributed by atoms with Gasteiger partial charge in [0.05, 0.1) is 13.2 Å². The van der Waals surface area contributed by atoms with Crippen molar-refractivity contribution in [2.24, 2.45) is 5.73 Å². The van der Waals surface area contributed by atoms with Gasteiger partial charge in [0.2, 0.25) is 0 Å². The van der Waals surface area contributed by atoms with Gasteiger partial charge in [0.15, 0.2) is 11.5 Å². The maximum Gasteiger partial charge on any atom is 0.257 e. The second-order valence-corrected chi connectivity index (χ2v) is 4.54. The molecule has 2 rings (SSSR count). The fraction of sp³-hybridized carbons (Fsp3) is 0.250. The van der Waals surface area contributed by atoms with Crippen LogP contribution in [0.2, 0.25) is 0 Å². The molecule has 0 spiro atoms. The van der Waals surface area contributed by atoms with Crippen LogP contribution in [0.1, 0.15) is 17.2 Å². The first-order valence-electron chi connectivity index (χ1n) is 6.50. The van der Waals surface area contributed by atoms with Crippen molar-refractivity contribution in [1.29, 1.82) is 0 Å². The summed E-state index contributed by atoms with van der Waals surface area (Å²) in [7, 11) is 1.50. The molecule has 0 radical (unpaired) electrons. The summed E-state index contributed by atoms with van der Waals surface area (Å²) in [6, 6.07) is 12.8. The summed E-state index contributed by atoms with van der Waals surface area (Å²) < 4.78 is 36.2. The molecular weight excluding hydrogens is 312 g/mol. The lowest BCUT2D eigenvalue weighted by Gasteiger charge is -2.15. The summed E-state index contributed by atoms with van der Waals surface area (Å²) in [5.41, 5.74) is 6.75. The fourth-order valence-electron chi connectivity index (χ4n) is 1.89. The standard InChI is InChI=1S/C16H17F2NO2.ClH/c1-20-13-8-7-12(15(19)16(17)18)9-14(13)21-10-11-5-3-2-4-6-11;/h2-9,15-16H,10,19H2,1H3;1H/t15-;/m0./s1. The van der Waals surface area contributed by atoms with Crippen molar-refractivity contribution in [3.05, 3.63) is 59.7 Å². The molecule has 2 aromatic rings. The van der Waals surface area contributed by atoms with Crippen LogP contribution in [0.25, 0.3) is 0 Å². The topological polar surface area (TPSA) is 44.5 Å². The van der Waals surface area contributed by atoms with Crippen LogP contribution in [0.3, 0.4) is 0 Å². The Morgan fingerprint density at radius 3 is 2.32 bits per heavy atom. The number of ether oxygens (including phenoxy) is 2. The Hall–Kier alpha value is -1.85. The molecule has 0 aromatic heterocycles. The van der Waals surface area contributed by atoms with Crippen LogP contribution in [0.4, 0.5) is 8.78 Å². The molecular formula is C16H18ClF2NO2. The van der Waals surface area contributed by atoms with E-state index in [2.05, 4.69) is 0 Å². The molecule has 6 heteroatoms. The third kappa shape index (κ3) is 4.58. The minimum absolute atomic E-state index is 0. The maximum atomic E-state index is 12.7. The summed E-state index contributed by atoms with van der Waals surface area (Å²) in [5, 5.41) is 0. The van der Waals surface area contributed by atoms with E-state index >= 15 is 0 Å². The van der Waals surface area contributed by atoms with Crippen molar-refractivity contribution < 1.29 is 18.3 Å². The largest absolute Gasteiger partial charge is 0.493 e. The zero-order valence-electron chi connectivity index (χ0n) is 12.0. The lowest BCUT2D eigenvalue weighted by atomic mass is 10.1. The van der Waals surface area contributed by atoms with Crippen LogP contribution < -0.4 is 15.2 Å². The van der Waals surface area contributed by atoms with Crippen molar-refractivity contribution >= 4 is 12.4 Å². The highest BCUT2D eigenvalue weighted by molar-refractivity contribution is 5.85. The van der Waals surface area contributed by atoms with E-state index < -0.39 is 12.5 Å². The van der Waals surface area contributed by atoms with Crippen LogP contribution in [0.5, 0.6) is 11.5 Å². The number of alkyl halides is 2. The van der Waals surface area contributed by atoms with Gasteiger partial charge in [-0.15, -0.1) is 12.4 Å². The van der Waals surface area contributed by atoms with E-state index in [4.69, 9.17) is 15.2 Å². The second-order valence-electron chi connectivity index (χ2n) is 4.54. The van der Waals surface area contributed by atoms with E-state index in [0.717, 1.165) is 5.56 Å². The smallest absolute Gasteiger partial charge is 0.257 e. The highest BCUT2D eigenvalue weighted by Crippen LogP contribution is 2.31. The van der Waals surface area contributed by atoms with Gasteiger partial charge in [-0.1, -0.05) is 36.4 Å². The quantitative estimate of drug-likeness (QED) is 0.872. The third-order valence-electron chi connectivity index (χ3n) is 3.08. The molecule has 0 fully saturated rings. The molecule has 2 aromatic carbocycles. The Morgan fingerprint density at radius 2 is 1.73 bits per heavy atom. The Bertz CT molecular complexity index is 582. The van der Waals surface area contributed by atoms with Gasteiger partial charge in [0, 0.05) is 0 Å². The molecule has 3 nitrogen and oxygen atoms in total. The Kier molecular flexibility index (Phi) is 7.08. The van der Waals surface area contributed by atoms with E-state index in [0.29, 0.717) is 23.7 Å². The van der Waals surface area contributed by atoms with Gasteiger partial charge in [0.25, 0.3) is 6.43 Å². The molecule has 0 unspecified atom stereocenters. The molecule has 0 saturated heterocycles. The number of hydrogen-bond donors (Lipinski definition) is 1. The fourth-order valence-corrected chi connectivity index (χ4v) is 1.89. The van der Waals surface area contributed by atoms with Crippen molar-refractivity contribution in [3.63, 3.8) is 0 Å². The predicted octanol–water partition coefficient (Wildman–Crippen LogP) is 3.96. The van der Waals surface area contributed by atoms with Crippen molar-refractivity contribution in [2.75, 3.05) is 7.11 Å². The van der Waals surface area contributed by atoms with E-state index in [-0.39, 0.29) is 12.4 Å². The average Bonchev–Trinajstić information content (AvgIpc) is 2.52. The molecule has 0 saturated carbocycles. The molecule has 0 heterocycles. The number of benzene rings is 2. The minimum Gasteiger partial charge on any atom is -0.493 e. The van der Waals surface area contributed by atoms with Gasteiger partial charge < -0.3 is 15.2 Å². The van der Waals surface area contributed by atoms with Crippen LogP contribution in [0, 0.1) is 0 Å². The second kappa shape index (κ2) is 8.56. The van der Waals surface area contributed by atoms with Gasteiger partial charge in [-0.25, -0.2) is 8.78 Å². The molecule has 2 N–H and O–H groups in total. The summed E-state index contributed by atoms with van der Waals surface area (Å²) in [5.74, 6) is 0.881. The Morgan fingerprint density at radius 1 is 1.05 bits per heavy atom. The van der Waals surface area contributed by atoms with Crippen molar-refractivity contribution in [3.8, 4) is 11.5 Å². The zero-order valence-corrected chi connectivity index (χ0v) is 12.9. The summed E-state index contributed by atoms with van der Waals surface area (Å²) in [6.07, 6.45) is -2.62. The molecule has 0 amide bonds. The van der Waals surface area contributed by atoms with Crippen LogP contribution >= 0.6 is 12.4 Å². The zero-order chi connectivity index (χ0) is 15.2. The first kappa shape index (κ1) is 18.2. The van der Waals surface area contributed by atoms with Gasteiger partial charge in [-0.2, -0.15) is 0 Å². The molecule has 0 aliphatic carbocycles. The van der Waals surface area contributed by atoms with Crippen LogP contribution in [-0.2, 0) is 6.61 Å². The van der Waals surface area contributed by atoms with E-state index in [1.807, 2.05) is 30.3 Å². The average molecular weight is 330 g/mol. The molecule has 1 atom stereocenters. The van der Waals surface area contributed by atoms with Crippen molar-refractivity contribution in [1.82, 2.24) is 0 Å².